The minimum Gasteiger partial charge on any atom is -0.493 e. The topological polar surface area (TPSA) is 59.5 Å². The van der Waals surface area contributed by atoms with E-state index in [1.54, 1.807) is 14.2 Å². The van der Waals surface area contributed by atoms with Crippen molar-refractivity contribution in [2.24, 2.45) is 0 Å². The fourth-order valence-corrected chi connectivity index (χ4v) is 3.43. The Labute approximate surface area is 174 Å². The smallest absolute Gasteiger partial charge is 0.162 e. The molecule has 0 aliphatic heterocycles. The zero-order valence-corrected chi connectivity index (χ0v) is 17.3. The van der Waals surface area contributed by atoms with Gasteiger partial charge in [0.1, 0.15) is 12.1 Å². The van der Waals surface area contributed by atoms with Gasteiger partial charge in [-0.2, -0.15) is 0 Å². The average molecular weight is 421 g/mol. The maximum atomic E-state index is 5.98. The summed E-state index contributed by atoms with van der Waals surface area (Å²) in [4.78, 5) is 10.9. The number of ether oxygens (including phenoxy) is 2. The maximum absolute atomic E-state index is 5.98. The number of rotatable bonds is 9. The normalized spacial score (nSPS) is 10.7. The Morgan fingerprint density at radius 3 is 2.32 bits per heavy atom. The minimum absolute atomic E-state index is 0.513. The number of anilines is 3. The summed E-state index contributed by atoms with van der Waals surface area (Å²) in [7, 11) is 3.20. The van der Waals surface area contributed by atoms with E-state index in [9.17, 15) is 0 Å². The van der Waals surface area contributed by atoms with Crippen molar-refractivity contribution in [3.8, 4) is 11.5 Å². The fraction of sp³-hybridized carbons (Fsp3) is 0.300. The molecule has 0 unspecified atom stereocenters. The molecule has 0 amide bonds. The highest BCUT2D eigenvalue weighted by Gasteiger charge is 2.14. The monoisotopic (exact) mass is 420 g/mol. The summed E-state index contributed by atoms with van der Waals surface area (Å²) in [6, 6.07) is 11.7. The van der Waals surface area contributed by atoms with E-state index in [0.717, 1.165) is 22.3 Å². The standard InChI is InChI=1S/C20H22Cl2N4O2/c1-27-18-11-14-16(12-19(18)28-2)23-13-24-20(14)25-15-5-3-4-6-17(15)26(9-7-21)10-8-22/h3-6,11-13H,7-10H2,1-2H3,(H,23,24,25). The first kappa shape index (κ1) is 20.3. The van der Waals surface area contributed by atoms with E-state index in [1.165, 1.54) is 6.33 Å². The van der Waals surface area contributed by atoms with Crippen molar-refractivity contribution >= 4 is 51.3 Å². The van der Waals surface area contributed by atoms with Gasteiger partial charge in [0.15, 0.2) is 11.5 Å². The number of aromatic nitrogens is 2. The minimum atomic E-state index is 0.513. The maximum Gasteiger partial charge on any atom is 0.162 e. The van der Waals surface area contributed by atoms with Crippen LogP contribution < -0.4 is 19.7 Å². The highest BCUT2D eigenvalue weighted by molar-refractivity contribution is 6.18. The van der Waals surface area contributed by atoms with Gasteiger partial charge in [-0.1, -0.05) is 12.1 Å². The summed E-state index contributed by atoms with van der Waals surface area (Å²) in [5, 5.41) is 4.26. The summed E-state index contributed by atoms with van der Waals surface area (Å²) >= 11 is 12.0. The van der Waals surface area contributed by atoms with Crippen LogP contribution in [0.1, 0.15) is 0 Å². The molecule has 1 N–H and O–H groups in total. The predicted octanol–water partition coefficient (Wildman–Crippen LogP) is 4.67. The molecule has 0 aliphatic rings. The van der Waals surface area contributed by atoms with Crippen molar-refractivity contribution < 1.29 is 9.47 Å². The molecule has 28 heavy (non-hydrogen) atoms. The Balaban J connectivity index is 2.04. The number of halogens is 2. The van der Waals surface area contributed by atoms with Crippen LogP contribution in [0.15, 0.2) is 42.7 Å². The van der Waals surface area contributed by atoms with Crippen molar-refractivity contribution in [1.82, 2.24) is 9.97 Å². The van der Waals surface area contributed by atoms with Crippen LogP contribution in [0.4, 0.5) is 17.2 Å². The van der Waals surface area contributed by atoms with Gasteiger partial charge in [0.05, 0.1) is 31.1 Å². The van der Waals surface area contributed by atoms with Gasteiger partial charge in [-0.15, -0.1) is 23.2 Å². The number of nitrogens with one attached hydrogen (secondary N) is 1. The lowest BCUT2D eigenvalue weighted by Crippen LogP contribution is -2.28. The molecule has 0 fully saturated rings. The molecule has 0 bridgehead atoms. The molecule has 148 valence electrons. The number of nitrogens with zero attached hydrogens (tertiary/aromatic N) is 3. The van der Waals surface area contributed by atoms with Crippen LogP contribution in [-0.2, 0) is 0 Å². The third-order valence-electron chi connectivity index (χ3n) is 4.35. The fourth-order valence-electron chi connectivity index (χ4n) is 3.02. The number of para-hydroxylation sites is 2. The van der Waals surface area contributed by atoms with Gasteiger partial charge in [0.25, 0.3) is 0 Å². The van der Waals surface area contributed by atoms with E-state index in [4.69, 9.17) is 32.7 Å². The van der Waals surface area contributed by atoms with E-state index < -0.39 is 0 Å². The number of methoxy groups -OCH3 is 2. The van der Waals surface area contributed by atoms with Crippen LogP contribution in [0, 0.1) is 0 Å². The second-order valence-corrected chi connectivity index (χ2v) is 6.71. The molecule has 0 saturated carbocycles. The average Bonchev–Trinajstić information content (AvgIpc) is 2.73. The number of hydrogen-bond acceptors (Lipinski definition) is 6. The van der Waals surface area contributed by atoms with Crippen molar-refractivity contribution in [2.75, 3.05) is 49.3 Å². The molecule has 0 aliphatic carbocycles. The van der Waals surface area contributed by atoms with Crippen LogP contribution in [0.25, 0.3) is 10.9 Å². The summed E-state index contributed by atoms with van der Waals surface area (Å²) in [6.07, 6.45) is 1.52. The van der Waals surface area contributed by atoms with Gasteiger partial charge in [0.2, 0.25) is 0 Å². The second kappa shape index (κ2) is 9.66. The van der Waals surface area contributed by atoms with Gasteiger partial charge < -0.3 is 19.7 Å². The Morgan fingerprint density at radius 1 is 0.964 bits per heavy atom. The summed E-state index contributed by atoms with van der Waals surface area (Å²) in [6.45, 7) is 1.39. The van der Waals surface area contributed by atoms with Crippen molar-refractivity contribution in [3.63, 3.8) is 0 Å². The van der Waals surface area contributed by atoms with Crippen molar-refractivity contribution in [3.05, 3.63) is 42.7 Å². The van der Waals surface area contributed by atoms with Crippen LogP contribution >= 0.6 is 23.2 Å². The van der Waals surface area contributed by atoms with Gasteiger partial charge >= 0.3 is 0 Å². The molecule has 3 aromatic rings. The SMILES string of the molecule is COc1cc2ncnc(Nc3ccccc3N(CCCl)CCCl)c2cc1OC. The van der Waals surface area contributed by atoms with Crippen LogP contribution in [0.5, 0.6) is 11.5 Å². The van der Waals surface area contributed by atoms with Gasteiger partial charge in [-0.25, -0.2) is 9.97 Å². The molecule has 0 saturated heterocycles. The predicted molar refractivity (Wildman–Crippen MR) is 116 cm³/mol. The van der Waals surface area contributed by atoms with E-state index in [-0.39, 0.29) is 0 Å². The number of hydrogen-bond donors (Lipinski definition) is 1. The van der Waals surface area contributed by atoms with E-state index in [2.05, 4.69) is 20.2 Å². The summed E-state index contributed by atoms with van der Waals surface area (Å²) in [5.41, 5.74) is 2.68. The molecule has 0 radical (unpaired) electrons. The van der Waals surface area contributed by atoms with Crippen LogP contribution in [-0.4, -0.2) is 49.0 Å². The van der Waals surface area contributed by atoms with Crippen LogP contribution in [0.2, 0.25) is 0 Å². The molecule has 1 heterocycles. The van der Waals surface area contributed by atoms with Gasteiger partial charge in [-0.3, -0.25) is 0 Å². The van der Waals surface area contributed by atoms with Crippen molar-refractivity contribution in [1.29, 1.82) is 0 Å². The second-order valence-electron chi connectivity index (χ2n) is 5.95. The van der Waals surface area contributed by atoms with E-state index >= 15 is 0 Å². The first-order chi connectivity index (χ1) is 13.7. The third-order valence-corrected chi connectivity index (χ3v) is 4.69. The lowest BCUT2D eigenvalue weighted by atomic mass is 10.2. The molecule has 0 atom stereocenters. The molecule has 2 aromatic carbocycles. The quantitative estimate of drug-likeness (QED) is 0.507. The van der Waals surface area contributed by atoms with Gasteiger partial charge in [-0.05, 0) is 18.2 Å². The number of alkyl halides is 2. The zero-order valence-electron chi connectivity index (χ0n) is 15.8. The lowest BCUT2D eigenvalue weighted by molar-refractivity contribution is 0.356. The van der Waals surface area contributed by atoms with E-state index in [1.807, 2.05) is 36.4 Å². The molecule has 8 heteroatoms. The Hall–Kier alpha value is -2.44. The first-order valence-corrected chi connectivity index (χ1v) is 9.88. The van der Waals surface area contributed by atoms with E-state index in [0.29, 0.717) is 42.2 Å². The number of benzene rings is 2. The molecule has 0 spiro atoms. The highest BCUT2D eigenvalue weighted by atomic mass is 35.5. The highest BCUT2D eigenvalue weighted by Crippen LogP contribution is 2.36. The van der Waals surface area contributed by atoms with Crippen LogP contribution in [0.3, 0.4) is 0 Å². The Bertz CT molecular complexity index is 933. The molecule has 3 rings (SSSR count). The van der Waals surface area contributed by atoms with Crippen molar-refractivity contribution in [2.45, 2.75) is 0 Å². The molecular formula is C20H22Cl2N4O2. The van der Waals surface area contributed by atoms with Gasteiger partial charge in [0, 0.05) is 36.3 Å². The number of fused-ring (bicyclic) bond motifs is 1. The molecular weight excluding hydrogens is 399 g/mol. The Kier molecular flexibility index (Phi) is 7.01. The third kappa shape index (κ3) is 4.34. The zero-order chi connectivity index (χ0) is 19.9. The summed E-state index contributed by atoms with van der Waals surface area (Å²) < 4.78 is 10.8. The Morgan fingerprint density at radius 2 is 1.64 bits per heavy atom. The summed E-state index contributed by atoms with van der Waals surface area (Å²) in [5.74, 6) is 2.94. The molecule has 1 aromatic heterocycles. The molecule has 6 nitrogen and oxygen atoms in total. The lowest BCUT2D eigenvalue weighted by Gasteiger charge is -2.26. The first-order valence-electron chi connectivity index (χ1n) is 8.81. The largest absolute Gasteiger partial charge is 0.493 e.